The molecule has 3 aromatic rings. The normalized spacial score (nSPS) is 24.4. The highest BCUT2D eigenvalue weighted by Crippen LogP contribution is 2.67. The highest BCUT2D eigenvalue weighted by molar-refractivity contribution is 7.89. The van der Waals surface area contributed by atoms with Crippen molar-refractivity contribution in [2.24, 2.45) is 5.41 Å². The van der Waals surface area contributed by atoms with Gasteiger partial charge in [0.25, 0.3) is 0 Å². The average molecular weight is 481 g/mol. The molecule has 3 aliphatic rings. The quantitative estimate of drug-likeness (QED) is 0.509. The molecule has 0 radical (unpaired) electrons. The Labute approximate surface area is 185 Å². The van der Waals surface area contributed by atoms with Crippen molar-refractivity contribution in [2.75, 3.05) is 5.73 Å². The summed E-state index contributed by atoms with van der Waals surface area (Å²) in [5.74, 6) is -1.34. The van der Waals surface area contributed by atoms with E-state index in [0.717, 1.165) is 10.6 Å². The average Bonchev–Trinajstić information content (AvgIpc) is 3.07. The van der Waals surface area contributed by atoms with Crippen molar-refractivity contribution in [3.8, 4) is 11.3 Å². The van der Waals surface area contributed by atoms with E-state index in [1.54, 1.807) is 13.0 Å². The number of alkyl halides is 3. The molecule has 0 spiro atoms. The van der Waals surface area contributed by atoms with Gasteiger partial charge in [-0.2, -0.15) is 13.2 Å². The van der Waals surface area contributed by atoms with Crippen molar-refractivity contribution in [3.05, 3.63) is 41.9 Å². The fraction of sp³-hybridized carbons (Fsp3) is 0.350. The molecule has 3 saturated carbocycles. The van der Waals surface area contributed by atoms with Crippen LogP contribution in [0.2, 0.25) is 0 Å². The van der Waals surface area contributed by atoms with Gasteiger partial charge in [-0.1, -0.05) is 6.07 Å². The highest BCUT2D eigenvalue weighted by atomic mass is 32.2. The number of rotatable bonds is 5. The Morgan fingerprint density at radius 2 is 1.94 bits per heavy atom. The molecule has 0 amide bonds. The third-order valence-corrected chi connectivity index (χ3v) is 8.02. The first kappa shape index (κ1) is 21.6. The Bertz CT molecular complexity index is 1430. The number of sulfonamides is 1. The van der Waals surface area contributed by atoms with Gasteiger partial charge in [0, 0.05) is 17.3 Å². The molecule has 3 aliphatic carbocycles. The summed E-state index contributed by atoms with van der Waals surface area (Å²) >= 11 is 0. The first-order valence-electron chi connectivity index (χ1n) is 9.85. The fourth-order valence-corrected chi connectivity index (χ4v) is 6.28. The summed E-state index contributed by atoms with van der Waals surface area (Å²) < 4.78 is 69.5. The van der Waals surface area contributed by atoms with Gasteiger partial charge >= 0.3 is 12.1 Å². The van der Waals surface area contributed by atoms with Gasteiger partial charge in [-0.25, -0.2) is 23.1 Å². The number of aromatic nitrogens is 3. The van der Waals surface area contributed by atoms with E-state index >= 15 is 0 Å². The predicted molar refractivity (Wildman–Crippen MR) is 110 cm³/mol. The van der Waals surface area contributed by atoms with E-state index in [4.69, 9.17) is 5.73 Å². The maximum atomic E-state index is 13.2. The lowest BCUT2D eigenvalue weighted by molar-refractivity contribution is -0.194. The van der Waals surface area contributed by atoms with Gasteiger partial charge < -0.3 is 10.8 Å². The van der Waals surface area contributed by atoms with Crippen LogP contribution in [-0.2, 0) is 21.0 Å². The second kappa shape index (κ2) is 6.44. The summed E-state index contributed by atoms with van der Waals surface area (Å²) in [7, 11) is -4.01. The number of nitrogens with one attached hydrogen (secondary N) is 1. The first-order chi connectivity index (χ1) is 15.3. The number of hydrogen-bond acceptors (Lipinski definition) is 6. The van der Waals surface area contributed by atoms with E-state index in [2.05, 4.69) is 14.7 Å². The van der Waals surface area contributed by atoms with E-state index in [-0.39, 0.29) is 35.5 Å². The summed E-state index contributed by atoms with van der Waals surface area (Å²) in [5.41, 5.74) is 4.03. The number of aryl methyl sites for hydroxylation is 1. The number of carbonyl (C=O) groups is 1. The number of nitrogens with zero attached hydrogens (tertiary/aromatic N) is 3. The van der Waals surface area contributed by atoms with Crippen LogP contribution in [-0.4, -0.2) is 39.4 Å². The third-order valence-electron chi connectivity index (χ3n) is 6.44. The Morgan fingerprint density at radius 1 is 1.27 bits per heavy atom. The SMILES string of the molecule is Cc1ccc(S(=O)(=O)NC23CC(C(=O)O)(C2)C3)cc1-c1cnc2c(N)nc(C(F)(F)F)cn12. The number of anilines is 1. The van der Waals surface area contributed by atoms with Crippen LogP contribution in [0, 0.1) is 12.3 Å². The number of fused-ring (bicyclic) bond motifs is 1. The van der Waals surface area contributed by atoms with Crippen molar-refractivity contribution in [1.82, 2.24) is 19.1 Å². The first-order valence-corrected chi connectivity index (χ1v) is 11.3. The molecule has 0 atom stereocenters. The number of carboxylic acids is 1. The lowest BCUT2D eigenvalue weighted by Gasteiger charge is -2.67. The molecule has 174 valence electrons. The van der Waals surface area contributed by atoms with E-state index in [1.807, 2.05) is 0 Å². The van der Waals surface area contributed by atoms with Crippen LogP contribution in [0.5, 0.6) is 0 Å². The van der Waals surface area contributed by atoms with E-state index < -0.39 is 44.6 Å². The van der Waals surface area contributed by atoms with E-state index in [0.29, 0.717) is 11.1 Å². The summed E-state index contributed by atoms with van der Waals surface area (Å²) in [6.45, 7) is 1.69. The number of imidazole rings is 1. The maximum Gasteiger partial charge on any atom is 0.434 e. The number of halogens is 3. The van der Waals surface area contributed by atoms with Gasteiger partial charge in [0.05, 0.1) is 22.2 Å². The maximum absolute atomic E-state index is 13.2. The zero-order chi connectivity index (χ0) is 24.0. The molecule has 9 nitrogen and oxygen atoms in total. The summed E-state index contributed by atoms with van der Waals surface area (Å²) in [6.07, 6.45) is -1.98. The molecule has 2 aromatic heterocycles. The molecule has 3 fully saturated rings. The highest BCUT2D eigenvalue weighted by Gasteiger charge is 2.73. The van der Waals surface area contributed by atoms with Crippen LogP contribution in [0.25, 0.3) is 16.9 Å². The zero-order valence-corrected chi connectivity index (χ0v) is 18.0. The van der Waals surface area contributed by atoms with Gasteiger partial charge in [-0.15, -0.1) is 0 Å². The second-order valence-corrected chi connectivity index (χ2v) is 10.5. The number of aliphatic carboxylic acids is 1. The molecule has 0 aliphatic heterocycles. The van der Waals surface area contributed by atoms with Crippen LogP contribution in [0.3, 0.4) is 0 Å². The monoisotopic (exact) mass is 481 g/mol. The Kier molecular flexibility index (Phi) is 4.23. The molecule has 1 aromatic carbocycles. The third kappa shape index (κ3) is 3.17. The van der Waals surface area contributed by atoms with Crippen molar-refractivity contribution < 1.29 is 31.5 Å². The topological polar surface area (TPSA) is 140 Å². The van der Waals surface area contributed by atoms with Crippen molar-refractivity contribution in [3.63, 3.8) is 0 Å². The van der Waals surface area contributed by atoms with Crippen molar-refractivity contribution >= 4 is 27.5 Å². The van der Waals surface area contributed by atoms with Gasteiger partial charge in [-0.05, 0) is 43.9 Å². The molecule has 33 heavy (non-hydrogen) atoms. The van der Waals surface area contributed by atoms with E-state index in [1.165, 1.54) is 18.3 Å². The summed E-state index contributed by atoms with van der Waals surface area (Å²) in [4.78, 5) is 18.6. The molecular formula is C20H18F3N5O4S. The van der Waals surface area contributed by atoms with Crippen LogP contribution < -0.4 is 10.5 Å². The number of carboxylic acid groups (broad SMARTS) is 1. The van der Waals surface area contributed by atoms with Gasteiger partial charge in [0.15, 0.2) is 17.2 Å². The molecular weight excluding hydrogens is 463 g/mol. The largest absolute Gasteiger partial charge is 0.481 e. The minimum absolute atomic E-state index is 0.0108. The van der Waals surface area contributed by atoms with Crippen LogP contribution in [0.4, 0.5) is 19.0 Å². The summed E-state index contributed by atoms with van der Waals surface area (Å²) in [5, 5.41) is 9.24. The molecule has 0 saturated heterocycles. The molecule has 4 N–H and O–H groups in total. The number of nitrogens with two attached hydrogens (primary N) is 1. The fourth-order valence-electron chi connectivity index (χ4n) is 4.86. The Hall–Kier alpha value is -3.19. The molecule has 13 heteroatoms. The zero-order valence-electron chi connectivity index (χ0n) is 17.1. The standard InChI is InChI=1S/C20H18F3N5O4S/c1-10-2-3-11(33(31,32)27-19-7-18(8-19,9-19)17(29)30)4-12(10)13-5-25-16-15(24)26-14(6-28(13)16)20(21,22)23/h2-6,27H,7-9H2,1H3,(H2,24,26)(H,29,30). The van der Waals surface area contributed by atoms with Gasteiger partial charge in [0.2, 0.25) is 10.0 Å². The minimum Gasteiger partial charge on any atom is -0.481 e. The van der Waals surface area contributed by atoms with Gasteiger partial charge in [-0.3, -0.25) is 9.20 Å². The smallest absolute Gasteiger partial charge is 0.434 e. The lowest BCUT2D eigenvalue weighted by Crippen LogP contribution is -2.76. The van der Waals surface area contributed by atoms with Crippen molar-refractivity contribution in [1.29, 1.82) is 0 Å². The predicted octanol–water partition coefficient (Wildman–Crippen LogP) is 2.59. The van der Waals surface area contributed by atoms with Gasteiger partial charge in [0.1, 0.15) is 0 Å². The Morgan fingerprint density at radius 3 is 2.55 bits per heavy atom. The van der Waals surface area contributed by atoms with Crippen molar-refractivity contribution in [2.45, 2.75) is 42.8 Å². The minimum atomic E-state index is -4.73. The Balaban J connectivity index is 1.53. The van der Waals surface area contributed by atoms with Crippen LogP contribution in [0.15, 0.2) is 35.5 Å². The number of hydrogen-bond donors (Lipinski definition) is 3. The molecule has 2 heterocycles. The van der Waals surface area contributed by atoms with Crippen LogP contribution in [0.1, 0.15) is 30.5 Å². The molecule has 0 unspecified atom stereocenters. The lowest BCUT2D eigenvalue weighted by atomic mass is 9.40. The number of nitrogen functional groups attached to an aromatic ring is 1. The molecule has 6 rings (SSSR count). The van der Waals surface area contributed by atoms with Crippen LogP contribution >= 0.6 is 0 Å². The second-order valence-electron chi connectivity index (χ2n) is 8.82. The number of benzene rings is 1. The summed E-state index contributed by atoms with van der Waals surface area (Å²) in [6, 6.07) is 4.28. The molecule has 2 bridgehead atoms. The van der Waals surface area contributed by atoms with E-state index in [9.17, 15) is 31.5 Å².